The van der Waals surface area contributed by atoms with E-state index in [1.165, 1.54) is 22.3 Å². The average Bonchev–Trinajstić information content (AvgIpc) is 3.07. The van der Waals surface area contributed by atoms with E-state index < -0.39 is 18.0 Å². The minimum Gasteiger partial charge on any atom is -0.207 e. The van der Waals surface area contributed by atoms with Crippen LogP contribution in [-0.2, 0) is 28.8 Å². The van der Waals surface area contributed by atoms with Crippen LogP contribution in [0.15, 0.2) is 36.4 Å². The van der Waals surface area contributed by atoms with Gasteiger partial charge in [0, 0.05) is 0 Å². The van der Waals surface area contributed by atoms with E-state index in [0.717, 1.165) is 0 Å². The first kappa shape index (κ1) is 26.4. The van der Waals surface area contributed by atoms with Gasteiger partial charge in [0.1, 0.15) is 0 Å². The second-order valence-electron chi connectivity index (χ2n) is 9.11. The molecule has 0 heterocycles. The Morgan fingerprint density at radius 3 is 1.12 bits per heavy atom. The largest absolute Gasteiger partial charge is 0.207 e. The Morgan fingerprint density at radius 1 is 0.769 bits per heavy atom. The number of rotatable bonds is 0. The van der Waals surface area contributed by atoms with Crippen molar-refractivity contribution in [2.24, 2.45) is 0 Å². The molecular weight excluding hydrogens is 454 g/mol. The smallest absolute Gasteiger partial charge is 0.0635 e. The molecule has 0 amide bonds. The van der Waals surface area contributed by atoms with Crippen molar-refractivity contribution in [1.82, 2.24) is 0 Å². The van der Waals surface area contributed by atoms with Crippen molar-refractivity contribution in [1.29, 1.82) is 0 Å². The fourth-order valence-corrected chi connectivity index (χ4v) is 2.06. The molecule has 0 nitrogen and oxygen atoms in total. The minimum atomic E-state index is -1.65. The van der Waals surface area contributed by atoms with Crippen LogP contribution < -0.4 is 0 Å². The van der Waals surface area contributed by atoms with Gasteiger partial charge in [-0.15, -0.1) is 0 Å². The maximum Gasteiger partial charge on any atom is -0.0635 e. The van der Waals surface area contributed by atoms with Crippen LogP contribution in [0.2, 0.25) is 13.1 Å². The van der Waals surface area contributed by atoms with E-state index in [2.05, 4.69) is 105 Å². The first-order chi connectivity index (χ1) is 11.6. The van der Waals surface area contributed by atoms with Gasteiger partial charge in [-0.3, -0.25) is 0 Å². The normalized spacial score (nSPS) is 11.1. The molecule has 2 rings (SSSR count). The van der Waals surface area contributed by atoms with Crippen LogP contribution in [0.25, 0.3) is 0 Å². The van der Waals surface area contributed by atoms with Crippen LogP contribution in [0.4, 0.5) is 0 Å². The Balaban J connectivity index is 0.000000375. The Bertz CT molecular complexity index is 626. The number of hydrogen-bond acceptors (Lipinski definition) is 0. The zero-order valence-electron chi connectivity index (χ0n) is 18.2. The third-order valence-corrected chi connectivity index (χ3v) is 23.7. The van der Waals surface area contributed by atoms with Gasteiger partial charge in [0.25, 0.3) is 0 Å². The monoisotopic (exact) mass is 488 g/mol. The molecule has 0 atom stereocenters. The summed E-state index contributed by atoms with van der Waals surface area (Å²) in [6, 6.07) is 13.2. The van der Waals surface area contributed by atoms with E-state index in [1.807, 2.05) is 0 Å². The third kappa shape index (κ3) is 11.3. The Hall–Kier alpha value is 0.380. The van der Waals surface area contributed by atoms with E-state index in [4.69, 9.17) is 17.0 Å². The number of aryl methyl sites for hydroxylation is 2. The molecule has 0 bridgehead atoms. The van der Waals surface area contributed by atoms with E-state index in [-0.39, 0.29) is 5.43 Å². The van der Waals surface area contributed by atoms with Crippen LogP contribution in [0.3, 0.4) is 0 Å². The van der Waals surface area contributed by atoms with Crippen LogP contribution >= 0.6 is 17.0 Å². The van der Waals surface area contributed by atoms with E-state index in [0.29, 0.717) is 10.8 Å². The first-order valence-corrected chi connectivity index (χ1v) is 21.6. The van der Waals surface area contributed by atoms with Crippen molar-refractivity contribution in [3.63, 3.8) is 0 Å². The van der Waals surface area contributed by atoms with Crippen LogP contribution in [-0.4, -0.2) is 5.43 Å². The number of hydrogen-bond donors (Lipinski definition) is 0. The SMILES string of the molecule is C[Si](C)=[Zr]([Cl])[Cl].Cc1cc(C(C)(C)C)c[cH-]1.Cc1cc(C(C)(C)C)c[cH-]1. The molecule has 26 heavy (non-hydrogen) atoms. The van der Waals surface area contributed by atoms with Gasteiger partial charge in [-0.25, -0.2) is 12.1 Å². The van der Waals surface area contributed by atoms with Gasteiger partial charge >= 0.3 is 53.5 Å². The van der Waals surface area contributed by atoms with Crippen molar-refractivity contribution in [3.8, 4) is 0 Å². The van der Waals surface area contributed by atoms with Crippen molar-refractivity contribution in [3.05, 3.63) is 58.7 Å². The summed E-state index contributed by atoms with van der Waals surface area (Å²) in [5, 5.41) is 0. The third-order valence-electron chi connectivity index (χ3n) is 3.93. The van der Waals surface area contributed by atoms with Crippen LogP contribution in [0.1, 0.15) is 63.8 Å². The molecular formula is C22H36Cl2SiZr-2. The fourth-order valence-electron chi connectivity index (χ4n) is 2.06. The van der Waals surface area contributed by atoms with Gasteiger partial charge in [0.15, 0.2) is 0 Å². The maximum absolute atomic E-state index is 5.62. The summed E-state index contributed by atoms with van der Waals surface area (Å²) in [6.45, 7) is 22.0. The second-order valence-corrected chi connectivity index (χ2v) is 32.1. The molecule has 0 N–H and O–H groups in total. The average molecular weight is 491 g/mol. The maximum atomic E-state index is 5.62. The second kappa shape index (κ2) is 11.4. The molecule has 0 aromatic heterocycles. The van der Waals surface area contributed by atoms with Gasteiger partial charge in [-0.2, -0.15) is 46.5 Å². The summed E-state index contributed by atoms with van der Waals surface area (Å²) in [5.74, 6) is 0. The molecule has 0 aliphatic heterocycles. The Kier molecular flexibility index (Phi) is 11.6. The zero-order valence-corrected chi connectivity index (χ0v) is 23.2. The molecule has 0 aliphatic rings. The van der Waals surface area contributed by atoms with E-state index in [1.54, 1.807) is 0 Å². The summed E-state index contributed by atoms with van der Waals surface area (Å²) >= 11 is -1.65. The van der Waals surface area contributed by atoms with E-state index in [9.17, 15) is 0 Å². The molecule has 0 aliphatic carbocycles. The zero-order chi connectivity index (χ0) is 20.7. The summed E-state index contributed by atoms with van der Waals surface area (Å²) in [6.07, 6.45) is 0. The van der Waals surface area contributed by atoms with Gasteiger partial charge in [0.2, 0.25) is 0 Å². The molecule has 2 aromatic rings. The minimum absolute atomic E-state index is 0.224. The molecule has 4 heteroatoms. The molecule has 0 saturated carbocycles. The molecule has 2 aromatic carbocycles. The number of halogens is 2. The predicted octanol–water partition coefficient (Wildman–Crippen LogP) is 8.19. The quantitative estimate of drug-likeness (QED) is 0.258. The van der Waals surface area contributed by atoms with Crippen molar-refractivity contribution in [2.75, 3.05) is 0 Å². The standard InChI is InChI=1S/2C10H15.C2H6Si.2ClH.Zr/c2*1-8-5-6-9(7-8)10(2,3)4;1-3-2;;;/h2*5-7H,1-4H3;1-2H3;2*1H;/q2*-1;;;;+2/p-2. The van der Waals surface area contributed by atoms with Crippen LogP contribution in [0.5, 0.6) is 0 Å². The van der Waals surface area contributed by atoms with E-state index >= 15 is 0 Å². The molecule has 0 unspecified atom stereocenters. The molecule has 0 radical (unpaired) electrons. The van der Waals surface area contributed by atoms with Crippen LogP contribution in [0, 0.1) is 13.8 Å². The molecule has 0 saturated heterocycles. The van der Waals surface area contributed by atoms with Gasteiger partial charge in [-0.05, 0) is 0 Å². The summed E-state index contributed by atoms with van der Waals surface area (Å²) in [7, 11) is 11.2. The molecule has 0 fully saturated rings. The summed E-state index contributed by atoms with van der Waals surface area (Å²) in [5.41, 5.74) is 6.01. The molecule has 0 spiro atoms. The van der Waals surface area contributed by atoms with Gasteiger partial charge in [0.05, 0.1) is 0 Å². The van der Waals surface area contributed by atoms with Crippen molar-refractivity contribution in [2.45, 2.75) is 79.3 Å². The first-order valence-electron chi connectivity index (χ1n) is 9.10. The molecule has 148 valence electrons. The predicted molar refractivity (Wildman–Crippen MR) is 120 cm³/mol. The summed E-state index contributed by atoms with van der Waals surface area (Å²) in [4.78, 5) is 0. The van der Waals surface area contributed by atoms with Crippen molar-refractivity contribution < 1.29 is 18.0 Å². The van der Waals surface area contributed by atoms with Gasteiger partial charge in [-0.1, -0.05) is 66.2 Å². The fraction of sp³-hybridized carbons (Fsp3) is 0.545. The van der Waals surface area contributed by atoms with Crippen molar-refractivity contribution >= 4 is 22.5 Å². The summed E-state index contributed by atoms with van der Waals surface area (Å²) < 4.78 is 0. The van der Waals surface area contributed by atoms with Gasteiger partial charge < -0.3 is 0 Å². The topological polar surface area (TPSA) is 0 Å². The Morgan fingerprint density at radius 2 is 1.04 bits per heavy atom. The Labute approximate surface area is 177 Å².